The van der Waals surface area contributed by atoms with Gasteiger partial charge in [0.05, 0.1) is 5.39 Å². The van der Waals surface area contributed by atoms with Crippen molar-refractivity contribution >= 4 is 17.1 Å². The highest BCUT2D eigenvalue weighted by atomic mass is 16.5. The fourth-order valence-corrected chi connectivity index (χ4v) is 1.33. The van der Waals surface area contributed by atoms with E-state index in [0.717, 1.165) is 0 Å². The summed E-state index contributed by atoms with van der Waals surface area (Å²) in [5.74, 6) is -0.943. The van der Waals surface area contributed by atoms with Gasteiger partial charge in [0.1, 0.15) is 11.1 Å². The van der Waals surface area contributed by atoms with E-state index in [1.54, 1.807) is 32.2 Å². The Labute approximate surface area is 85.7 Å². The Morgan fingerprint density at radius 3 is 2.93 bits per heavy atom. The number of nitrogens with zero attached hydrogens (tertiary/aromatic N) is 2. The van der Waals surface area contributed by atoms with E-state index in [9.17, 15) is 4.79 Å². The lowest BCUT2D eigenvalue weighted by atomic mass is 9.88. The van der Waals surface area contributed by atoms with E-state index >= 15 is 0 Å². The van der Waals surface area contributed by atoms with Gasteiger partial charge in [0.2, 0.25) is 0 Å². The number of carbonyl (C=O) groups is 1. The second-order valence-electron chi connectivity index (χ2n) is 3.82. The number of hydrogen-bond donors (Lipinski definition) is 1. The molecule has 0 saturated carbocycles. The van der Waals surface area contributed by atoms with Gasteiger partial charge in [-0.1, -0.05) is 5.16 Å². The topological polar surface area (TPSA) is 76.2 Å². The first-order valence-corrected chi connectivity index (χ1v) is 4.48. The van der Waals surface area contributed by atoms with Crippen molar-refractivity contribution in [2.75, 3.05) is 0 Å². The lowest BCUT2D eigenvalue weighted by Crippen LogP contribution is -2.29. The van der Waals surface area contributed by atoms with Gasteiger partial charge in [0.15, 0.2) is 0 Å². The molecule has 0 aliphatic carbocycles. The van der Waals surface area contributed by atoms with Crippen molar-refractivity contribution in [3.05, 3.63) is 24.0 Å². The van der Waals surface area contributed by atoms with Crippen molar-refractivity contribution in [3.63, 3.8) is 0 Å². The second kappa shape index (κ2) is 3.05. The molecule has 0 bridgehead atoms. The molecule has 0 amide bonds. The summed E-state index contributed by atoms with van der Waals surface area (Å²) in [6.45, 7) is 3.17. The van der Waals surface area contributed by atoms with Gasteiger partial charge in [0, 0.05) is 6.20 Å². The van der Waals surface area contributed by atoms with Gasteiger partial charge in [-0.15, -0.1) is 0 Å². The standard InChI is InChI=1S/C10H10N2O3/c1-10(2,9(13)14)7-6-4-3-5-11-8(6)15-12-7/h3-5H,1-2H3,(H,13,14). The first-order valence-electron chi connectivity index (χ1n) is 4.48. The van der Waals surface area contributed by atoms with E-state index < -0.39 is 11.4 Å². The minimum Gasteiger partial charge on any atom is -0.481 e. The predicted octanol–water partition coefficient (Wildman–Crippen LogP) is 1.59. The third-order valence-corrected chi connectivity index (χ3v) is 2.38. The number of carboxylic acid groups (broad SMARTS) is 1. The number of pyridine rings is 1. The van der Waals surface area contributed by atoms with Crippen LogP contribution >= 0.6 is 0 Å². The van der Waals surface area contributed by atoms with Crippen LogP contribution in [0.4, 0.5) is 0 Å². The first kappa shape index (κ1) is 9.64. The van der Waals surface area contributed by atoms with Gasteiger partial charge in [0.25, 0.3) is 5.71 Å². The number of carboxylic acids is 1. The van der Waals surface area contributed by atoms with Gasteiger partial charge in [-0.2, -0.15) is 0 Å². The molecule has 0 unspecified atom stereocenters. The normalized spacial score (nSPS) is 11.9. The van der Waals surface area contributed by atoms with Crippen LogP contribution in [0, 0.1) is 0 Å². The SMILES string of the molecule is CC(C)(C(=O)O)c1noc2ncccc12. The Balaban J connectivity index is 2.67. The van der Waals surface area contributed by atoms with Crippen LogP contribution in [0.15, 0.2) is 22.9 Å². The summed E-state index contributed by atoms with van der Waals surface area (Å²) in [5.41, 5.74) is -0.311. The third kappa shape index (κ3) is 1.36. The van der Waals surface area contributed by atoms with Gasteiger partial charge in [-0.25, -0.2) is 4.98 Å². The number of fused-ring (bicyclic) bond motifs is 1. The molecule has 2 aromatic rings. The smallest absolute Gasteiger partial charge is 0.315 e. The molecule has 2 rings (SSSR count). The molecule has 0 fully saturated rings. The molecule has 78 valence electrons. The van der Waals surface area contributed by atoms with Gasteiger partial charge in [-0.05, 0) is 26.0 Å². The molecule has 0 aliphatic heterocycles. The molecule has 0 spiro atoms. The van der Waals surface area contributed by atoms with Crippen molar-refractivity contribution < 1.29 is 14.4 Å². The zero-order valence-corrected chi connectivity index (χ0v) is 8.39. The lowest BCUT2D eigenvalue weighted by Gasteiger charge is -2.15. The molecule has 2 aromatic heterocycles. The minimum atomic E-state index is -1.08. The average Bonchev–Trinajstić information content (AvgIpc) is 2.61. The maximum atomic E-state index is 11.1. The molecule has 0 radical (unpaired) electrons. The van der Waals surface area contributed by atoms with E-state index in [-0.39, 0.29) is 0 Å². The lowest BCUT2D eigenvalue weighted by molar-refractivity contribution is -0.142. The van der Waals surface area contributed by atoms with E-state index in [1.165, 1.54) is 0 Å². The molecule has 15 heavy (non-hydrogen) atoms. The number of aliphatic carboxylic acids is 1. The van der Waals surface area contributed by atoms with E-state index in [1.807, 2.05) is 0 Å². The number of rotatable bonds is 2. The van der Waals surface area contributed by atoms with Crippen LogP contribution in [-0.4, -0.2) is 21.2 Å². The van der Waals surface area contributed by atoms with Crippen LogP contribution in [-0.2, 0) is 10.2 Å². The van der Waals surface area contributed by atoms with Crippen molar-refractivity contribution in [1.82, 2.24) is 10.1 Å². The monoisotopic (exact) mass is 206 g/mol. The summed E-state index contributed by atoms with van der Waals surface area (Å²) in [5, 5.41) is 13.5. The maximum absolute atomic E-state index is 11.1. The van der Waals surface area contributed by atoms with Crippen molar-refractivity contribution in [2.45, 2.75) is 19.3 Å². The van der Waals surface area contributed by atoms with Gasteiger partial charge < -0.3 is 9.63 Å². The molecular formula is C10H10N2O3. The van der Waals surface area contributed by atoms with Gasteiger partial charge in [-0.3, -0.25) is 4.79 Å². The van der Waals surface area contributed by atoms with E-state index in [4.69, 9.17) is 9.63 Å². The Bertz CT molecular complexity index is 516. The fourth-order valence-electron chi connectivity index (χ4n) is 1.33. The molecule has 5 heteroatoms. The van der Waals surface area contributed by atoms with Crippen LogP contribution in [0.2, 0.25) is 0 Å². The molecule has 0 aromatic carbocycles. The maximum Gasteiger partial charge on any atom is 0.315 e. The Morgan fingerprint density at radius 2 is 2.27 bits per heavy atom. The molecule has 0 saturated heterocycles. The van der Waals surface area contributed by atoms with Crippen LogP contribution in [0.3, 0.4) is 0 Å². The Kier molecular flexibility index (Phi) is 1.96. The second-order valence-corrected chi connectivity index (χ2v) is 3.82. The van der Waals surface area contributed by atoms with Crippen molar-refractivity contribution in [2.24, 2.45) is 0 Å². The Morgan fingerprint density at radius 1 is 1.53 bits per heavy atom. The third-order valence-electron chi connectivity index (χ3n) is 2.38. The molecule has 1 N–H and O–H groups in total. The highest BCUT2D eigenvalue weighted by Gasteiger charge is 2.34. The zero-order valence-electron chi connectivity index (χ0n) is 8.39. The highest BCUT2D eigenvalue weighted by molar-refractivity contribution is 5.87. The summed E-state index contributed by atoms with van der Waals surface area (Å²) in [6, 6.07) is 3.47. The number of hydrogen-bond acceptors (Lipinski definition) is 4. The minimum absolute atomic E-state index is 0.363. The van der Waals surface area contributed by atoms with Gasteiger partial charge >= 0.3 is 5.97 Å². The molecule has 0 atom stereocenters. The fraction of sp³-hybridized carbons (Fsp3) is 0.300. The van der Waals surface area contributed by atoms with E-state index in [2.05, 4.69) is 10.1 Å². The van der Waals surface area contributed by atoms with Crippen LogP contribution in [0.5, 0.6) is 0 Å². The molecular weight excluding hydrogens is 196 g/mol. The first-order chi connectivity index (χ1) is 7.03. The zero-order chi connectivity index (χ0) is 11.1. The van der Waals surface area contributed by atoms with Crippen LogP contribution < -0.4 is 0 Å². The Hall–Kier alpha value is -1.91. The van der Waals surface area contributed by atoms with Crippen LogP contribution in [0.25, 0.3) is 11.1 Å². The average molecular weight is 206 g/mol. The molecule has 0 aliphatic rings. The van der Waals surface area contributed by atoms with Crippen molar-refractivity contribution in [1.29, 1.82) is 0 Å². The summed E-state index contributed by atoms with van der Waals surface area (Å²) >= 11 is 0. The molecule has 5 nitrogen and oxygen atoms in total. The predicted molar refractivity (Wildman–Crippen MR) is 52.5 cm³/mol. The molecule has 2 heterocycles. The summed E-state index contributed by atoms with van der Waals surface area (Å²) in [6.07, 6.45) is 1.57. The summed E-state index contributed by atoms with van der Waals surface area (Å²) in [4.78, 5) is 15.0. The number of aromatic nitrogens is 2. The largest absolute Gasteiger partial charge is 0.481 e. The summed E-state index contributed by atoms with van der Waals surface area (Å²) < 4.78 is 4.96. The quantitative estimate of drug-likeness (QED) is 0.807. The van der Waals surface area contributed by atoms with Crippen LogP contribution in [0.1, 0.15) is 19.5 Å². The van der Waals surface area contributed by atoms with Crippen molar-refractivity contribution in [3.8, 4) is 0 Å². The van der Waals surface area contributed by atoms with E-state index in [0.29, 0.717) is 16.8 Å². The highest BCUT2D eigenvalue weighted by Crippen LogP contribution is 2.28. The summed E-state index contributed by atoms with van der Waals surface area (Å²) in [7, 11) is 0.